The van der Waals surface area contributed by atoms with Gasteiger partial charge in [0.25, 0.3) is 0 Å². The molecule has 0 radical (unpaired) electrons. The topological polar surface area (TPSA) is 33.6 Å². The molecule has 0 saturated carbocycles. The Morgan fingerprint density at radius 1 is 1.46 bits per heavy atom. The summed E-state index contributed by atoms with van der Waals surface area (Å²) < 4.78 is 0. The molecule has 1 aliphatic heterocycles. The Bertz CT molecular complexity index is 333. The molecule has 13 heavy (non-hydrogen) atoms. The van der Waals surface area contributed by atoms with E-state index in [2.05, 4.69) is 16.5 Å². The van der Waals surface area contributed by atoms with E-state index < -0.39 is 0 Å². The van der Waals surface area contributed by atoms with Gasteiger partial charge in [0.2, 0.25) is 0 Å². The molecule has 1 N–H and O–H groups in total. The fraction of sp³-hybridized carbons (Fsp3) is 0.300. The van der Waals surface area contributed by atoms with Crippen molar-refractivity contribution in [3.63, 3.8) is 0 Å². The second kappa shape index (κ2) is 3.47. The van der Waals surface area contributed by atoms with Crippen LogP contribution in [-0.2, 0) is 6.42 Å². The molecule has 0 unspecified atom stereocenters. The van der Waals surface area contributed by atoms with Crippen molar-refractivity contribution in [1.29, 1.82) is 0 Å². The molecule has 0 atom stereocenters. The monoisotopic (exact) mass is 176 g/mol. The van der Waals surface area contributed by atoms with Crippen LogP contribution in [0.4, 0.5) is 0 Å². The number of hydrogen-bond acceptors (Lipinski definition) is 2. The maximum absolute atomic E-state index is 5.31. The number of hydroxylamine groups is 1. The number of nitrogens with zero attached hydrogens (tertiary/aromatic N) is 1. The zero-order valence-corrected chi connectivity index (χ0v) is 7.58. The highest BCUT2D eigenvalue weighted by atomic mass is 16.6. The van der Waals surface area contributed by atoms with Crippen LogP contribution in [0.15, 0.2) is 29.3 Å². The third-order valence-electron chi connectivity index (χ3n) is 1.96. The summed E-state index contributed by atoms with van der Waals surface area (Å²) in [7, 11) is 0. The van der Waals surface area contributed by atoms with E-state index >= 15 is 0 Å². The van der Waals surface area contributed by atoms with Gasteiger partial charge in [-0.15, -0.1) is 0 Å². The van der Waals surface area contributed by atoms with Crippen molar-refractivity contribution in [2.75, 3.05) is 6.54 Å². The lowest BCUT2D eigenvalue weighted by atomic mass is 10.1. The van der Waals surface area contributed by atoms with Crippen LogP contribution in [0.25, 0.3) is 0 Å². The smallest absolute Gasteiger partial charge is 0.158 e. The van der Waals surface area contributed by atoms with Gasteiger partial charge < -0.3 is 4.84 Å². The summed E-state index contributed by atoms with van der Waals surface area (Å²) in [6.45, 7) is 2.79. The first-order valence-corrected chi connectivity index (χ1v) is 4.44. The lowest BCUT2D eigenvalue weighted by Crippen LogP contribution is -2.33. The average molecular weight is 176 g/mol. The second-order valence-corrected chi connectivity index (χ2v) is 2.91. The summed E-state index contributed by atoms with van der Waals surface area (Å²) in [6.07, 6.45) is 0.837. The Kier molecular flexibility index (Phi) is 2.17. The van der Waals surface area contributed by atoms with Gasteiger partial charge in [-0.25, -0.2) is 5.48 Å². The summed E-state index contributed by atoms with van der Waals surface area (Å²) in [6, 6.07) is 7.98. The number of nitrogens with one attached hydrogen (secondary N) is 1. The van der Waals surface area contributed by atoms with Crippen LogP contribution in [0, 0.1) is 0 Å². The quantitative estimate of drug-likeness (QED) is 0.704. The molecular formula is C10H12N2O. The lowest BCUT2D eigenvalue weighted by Gasteiger charge is -2.19. The highest BCUT2D eigenvalue weighted by Crippen LogP contribution is 2.20. The predicted octanol–water partition coefficient (Wildman–Crippen LogP) is 1.54. The van der Waals surface area contributed by atoms with Crippen molar-refractivity contribution in [1.82, 2.24) is 5.48 Å². The lowest BCUT2D eigenvalue weighted by molar-refractivity contribution is 0.248. The first-order chi connectivity index (χ1) is 6.40. The van der Waals surface area contributed by atoms with Crippen molar-refractivity contribution < 1.29 is 4.84 Å². The summed E-state index contributed by atoms with van der Waals surface area (Å²) >= 11 is 0. The van der Waals surface area contributed by atoms with E-state index in [1.165, 1.54) is 5.56 Å². The molecule has 1 aliphatic rings. The minimum absolute atomic E-state index is 0.786. The maximum atomic E-state index is 5.31. The fourth-order valence-corrected chi connectivity index (χ4v) is 1.36. The number of amidine groups is 1. The largest absolute Gasteiger partial charge is 0.381 e. The number of rotatable bonds is 1. The van der Waals surface area contributed by atoms with E-state index in [-0.39, 0.29) is 0 Å². The SMILES string of the molecule is CCN=C1Cc2ccccc2ON1. The molecule has 68 valence electrons. The first kappa shape index (κ1) is 8.10. The van der Waals surface area contributed by atoms with Crippen molar-refractivity contribution in [2.45, 2.75) is 13.3 Å². The molecule has 0 spiro atoms. The zero-order valence-electron chi connectivity index (χ0n) is 7.58. The van der Waals surface area contributed by atoms with Crippen LogP contribution in [-0.4, -0.2) is 12.4 Å². The van der Waals surface area contributed by atoms with Crippen molar-refractivity contribution in [2.24, 2.45) is 4.99 Å². The molecule has 3 nitrogen and oxygen atoms in total. The summed E-state index contributed by atoms with van der Waals surface area (Å²) in [5.41, 5.74) is 4.01. The van der Waals surface area contributed by atoms with Crippen LogP contribution < -0.4 is 10.3 Å². The van der Waals surface area contributed by atoms with Crippen LogP contribution in [0.1, 0.15) is 12.5 Å². The van der Waals surface area contributed by atoms with Gasteiger partial charge in [-0.3, -0.25) is 4.99 Å². The molecule has 1 aromatic carbocycles. The van der Waals surface area contributed by atoms with E-state index in [1.807, 2.05) is 25.1 Å². The Morgan fingerprint density at radius 2 is 2.31 bits per heavy atom. The normalized spacial score (nSPS) is 17.5. The number of benzene rings is 1. The zero-order chi connectivity index (χ0) is 9.10. The molecule has 0 aliphatic carbocycles. The Labute approximate surface area is 77.4 Å². The first-order valence-electron chi connectivity index (χ1n) is 4.44. The van der Waals surface area contributed by atoms with Gasteiger partial charge in [0.05, 0.1) is 0 Å². The van der Waals surface area contributed by atoms with Crippen LogP contribution in [0.2, 0.25) is 0 Å². The van der Waals surface area contributed by atoms with Crippen molar-refractivity contribution >= 4 is 5.84 Å². The highest BCUT2D eigenvalue weighted by molar-refractivity contribution is 5.85. The summed E-state index contributed by atoms with van der Waals surface area (Å²) in [5.74, 6) is 1.80. The molecule has 3 heteroatoms. The number of hydrogen-bond donors (Lipinski definition) is 1. The molecular weight excluding hydrogens is 164 g/mol. The minimum atomic E-state index is 0.786. The Morgan fingerprint density at radius 3 is 3.15 bits per heavy atom. The van der Waals surface area contributed by atoms with Gasteiger partial charge in [0, 0.05) is 18.5 Å². The van der Waals surface area contributed by atoms with E-state index in [0.29, 0.717) is 0 Å². The van der Waals surface area contributed by atoms with Crippen molar-refractivity contribution in [3.05, 3.63) is 29.8 Å². The molecule has 0 aromatic heterocycles. The average Bonchev–Trinajstić information content (AvgIpc) is 2.18. The number of para-hydroxylation sites is 1. The Balaban J connectivity index is 2.24. The molecule has 0 saturated heterocycles. The van der Waals surface area contributed by atoms with Gasteiger partial charge in [0.15, 0.2) is 5.75 Å². The van der Waals surface area contributed by atoms with Crippen LogP contribution >= 0.6 is 0 Å². The highest BCUT2D eigenvalue weighted by Gasteiger charge is 2.13. The molecule has 0 bridgehead atoms. The minimum Gasteiger partial charge on any atom is -0.381 e. The molecule has 0 amide bonds. The summed E-state index contributed by atoms with van der Waals surface area (Å²) in [4.78, 5) is 9.57. The molecule has 1 heterocycles. The molecule has 2 rings (SSSR count). The molecule has 1 aromatic rings. The fourth-order valence-electron chi connectivity index (χ4n) is 1.36. The Hall–Kier alpha value is -1.51. The predicted molar refractivity (Wildman–Crippen MR) is 51.9 cm³/mol. The standard InChI is InChI=1S/C10H12N2O/c1-2-11-10-7-8-5-3-4-6-9(8)13-12-10/h3-6H,2,7H2,1H3,(H,11,12). The van der Waals surface area contributed by atoms with Crippen LogP contribution in [0.3, 0.4) is 0 Å². The van der Waals surface area contributed by atoms with Gasteiger partial charge >= 0.3 is 0 Å². The molecule has 0 fully saturated rings. The van der Waals surface area contributed by atoms with E-state index in [4.69, 9.17) is 4.84 Å². The third kappa shape index (κ3) is 1.64. The summed E-state index contributed by atoms with van der Waals surface area (Å²) in [5, 5.41) is 0. The van der Waals surface area contributed by atoms with E-state index in [1.54, 1.807) is 0 Å². The van der Waals surface area contributed by atoms with Gasteiger partial charge in [-0.1, -0.05) is 18.2 Å². The van der Waals surface area contributed by atoms with E-state index in [0.717, 1.165) is 24.6 Å². The van der Waals surface area contributed by atoms with Crippen LogP contribution in [0.5, 0.6) is 5.75 Å². The number of aliphatic imine (C=N–C) groups is 1. The van der Waals surface area contributed by atoms with Gasteiger partial charge in [-0.05, 0) is 13.0 Å². The van der Waals surface area contributed by atoms with Gasteiger partial charge in [0.1, 0.15) is 5.84 Å². The maximum Gasteiger partial charge on any atom is 0.158 e. The van der Waals surface area contributed by atoms with Crippen molar-refractivity contribution in [3.8, 4) is 5.75 Å². The van der Waals surface area contributed by atoms with E-state index in [9.17, 15) is 0 Å². The van der Waals surface area contributed by atoms with Gasteiger partial charge in [-0.2, -0.15) is 0 Å². The number of fused-ring (bicyclic) bond motifs is 1. The second-order valence-electron chi connectivity index (χ2n) is 2.91. The third-order valence-corrected chi connectivity index (χ3v) is 1.96.